The summed E-state index contributed by atoms with van der Waals surface area (Å²) in [4.78, 5) is 30.6. The van der Waals surface area contributed by atoms with Gasteiger partial charge in [0, 0.05) is 31.2 Å². The molecule has 0 fully saturated rings. The summed E-state index contributed by atoms with van der Waals surface area (Å²) >= 11 is 0. The molecule has 1 amide bonds. The average molecular weight is 388 g/mol. The molecule has 2 N–H and O–H groups in total. The smallest absolute Gasteiger partial charge is 0.408 e. The minimum absolute atomic E-state index is 0.199. The lowest BCUT2D eigenvalue weighted by Gasteiger charge is -2.27. The standard InChI is InChI=1S/C17H16N4O5S/c1-27(24,25)21-5-4-12-10(9-21)7-18-8-13(12)16(22)19-11-2-3-15-14(6-11)20-17(23)26-15/h2-3,6-8H,4-5,9H2,1H3,(H,19,22)(H,20,23). The molecular weight excluding hydrogens is 372 g/mol. The summed E-state index contributed by atoms with van der Waals surface area (Å²) in [5.41, 5.74) is 3.29. The molecule has 0 unspecified atom stereocenters. The molecule has 1 aliphatic rings. The van der Waals surface area contributed by atoms with Crippen LogP contribution in [0.2, 0.25) is 0 Å². The second kappa shape index (κ2) is 6.32. The Hall–Kier alpha value is -2.98. The summed E-state index contributed by atoms with van der Waals surface area (Å²) in [7, 11) is -3.30. The summed E-state index contributed by atoms with van der Waals surface area (Å²) in [6.45, 7) is 0.517. The van der Waals surface area contributed by atoms with Crippen LogP contribution in [-0.4, -0.2) is 41.4 Å². The first-order chi connectivity index (χ1) is 12.8. The lowest BCUT2D eigenvalue weighted by Crippen LogP contribution is -2.36. The maximum Gasteiger partial charge on any atom is 0.417 e. The number of rotatable bonds is 3. The molecular formula is C17H16N4O5S. The van der Waals surface area contributed by atoms with Crippen molar-refractivity contribution in [2.75, 3.05) is 18.1 Å². The SMILES string of the molecule is CS(=O)(=O)N1CCc2c(cncc2C(=O)Nc2ccc3oc(=O)[nH]c3c2)C1. The van der Waals surface area contributed by atoms with Gasteiger partial charge in [-0.3, -0.25) is 14.8 Å². The molecule has 0 bridgehead atoms. The van der Waals surface area contributed by atoms with Gasteiger partial charge in [0.2, 0.25) is 10.0 Å². The highest BCUT2D eigenvalue weighted by molar-refractivity contribution is 7.88. The Morgan fingerprint density at radius 2 is 2.15 bits per heavy atom. The third-order valence-corrected chi connectivity index (χ3v) is 5.74. The highest BCUT2D eigenvalue weighted by Crippen LogP contribution is 2.24. The Bertz CT molecular complexity index is 1210. The van der Waals surface area contributed by atoms with Gasteiger partial charge in [-0.2, -0.15) is 4.31 Å². The number of hydrogen-bond acceptors (Lipinski definition) is 6. The molecule has 0 aliphatic carbocycles. The van der Waals surface area contributed by atoms with Crippen LogP contribution in [0, 0.1) is 0 Å². The molecule has 1 aliphatic heterocycles. The van der Waals surface area contributed by atoms with E-state index in [-0.39, 0.29) is 12.5 Å². The van der Waals surface area contributed by atoms with Crippen LogP contribution >= 0.6 is 0 Å². The van der Waals surface area contributed by atoms with E-state index >= 15 is 0 Å². The number of amides is 1. The van der Waals surface area contributed by atoms with Crippen LogP contribution < -0.4 is 11.1 Å². The molecule has 3 heterocycles. The predicted molar refractivity (Wildman–Crippen MR) is 98.0 cm³/mol. The molecule has 0 atom stereocenters. The number of hydrogen-bond donors (Lipinski definition) is 2. The maximum atomic E-state index is 12.7. The van der Waals surface area contributed by atoms with E-state index in [0.717, 1.165) is 5.56 Å². The predicted octanol–water partition coefficient (Wildman–Crippen LogP) is 1.09. The van der Waals surface area contributed by atoms with Gasteiger partial charge in [0.05, 0.1) is 17.3 Å². The monoisotopic (exact) mass is 388 g/mol. The van der Waals surface area contributed by atoms with Crippen LogP contribution in [0.1, 0.15) is 21.5 Å². The van der Waals surface area contributed by atoms with Gasteiger partial charge in [0.1, 0.15) is 0 Å². The number of anilines is 1. The number of oxazole rings is 1. The van der Waals surface area contributed by atoms with Crippen molar-refractivity contribution in [1.82, 2.24) is 14.3 Å². The second-order valence-corrected chi connectivity index (χ2v) is 8.33. The van der Waals surface area contributed by atoms with E-state index in [1.165, 1.54) is 16.8 Å². The zero-order valence-corrected chi connectivity index (χ0v) is 15.2. The highest BCUT2D eigenvalue weighted by Gasteiger charge is 2.26. The third kappa shape index (κ3) is 3.36. The van der Waals surface area contributed by atoms with Gasteiger partial charge in [0.25, 0.3) is 5.91 Å². The van der Waals surface area contributed by atoms with E-state index in [4.69, 9.17) is 4.42 Å². The topological polar surface area (TPSA) is 125 Å². The number of nitrogens with one attached hydrogen (secondary N) is 2. The van der Waals surface area contributed by atoms with Crippen molar-refractivity contribution in [2.24, 2.45) is 0 Å². The lowest BCUT2D eigenvalue weighted by molar-refractivity contribution is 0.102. The molecule has 4 rings (SSSR count). The third-order valence-electron chi connectivity index (χ3n) is 4.50. The number of sulfonamides is 1. The van der Waals surface area contributed by atoms with Gasteiger partial charge in [-0.15, -0.1) is 0 Å². The van der Waals surface area contributed by atoms with Crippen LogP contribution in [0.5, 0.6) is 0 Å². The number of fused-ring (bicyclic) bond motifs is 2. The zero-order valence-electron chi connectivity index (χ0n) is 14.4. The van der Waals surface area contributed by atoms with Gasteiger partial charge in [-0.25, -0.2) is 13.2 Å². The molecule has 27 heavy (non-hydrogen) atoms. The van der Waals surface area contributed by atoms with Gasteiger partial charge in [-0.1, -0.05) is 0 Å². The van der Waals surface area contributed by atoms with Crippen molar-refractivity contribution >= 4 is 32.7 Å². The van der Waals surface area contributed by atoms with E-state index < -0.39 is 15.8 Å². The number of carbonyl (C=O) groups is 1. The molecule has 10 heteroatoms. The van der Waals surface area contributed by atoms with E-state index in [1.807, 2.05) is 0 Å². The maximum absolute atomic E-state index is 12.7. The number of aromatic nitrogens is 2. The van der Waals surface area contributed by atoms with Crippen molar-refractivity contribution in [2.45, 2.75) is 13.0 Å². The summed E-state index contributed by atoms with van der Waals surface area (Å²) in [5, 5.41) is 2.78. The first-order valence-electron chi connectivity index (χ1n) is 8.16. The average Bonchev–Trinajstić information content (AvgIpc) is 2.99. The summed E-state index contributed by atoms with van der Waals surface area (Å²) in [5.74, 6) is -0.914. The van der Waals surface area contributed by atoms with Crippen LogP contribution in [0.15, 0.2) is 39.8 Å². The van der Waals surface area contributed by atoms with E-state index in [2.05, 4.69) is 15.3 Å². The van der Waals surface area contributed by atoms with Crippen molar-refractivity contribution in [3.63, 3.8) is 0 Å². The summed E-state index contributed by atoms with van der Waals surface area (Å²) in [6, 6.07) is 4.82. The minimum atomic E-state index is -3.30. The van der Waals surface area contributed by atoms with Gasteiger partial charge in [0.15, 0.2) is 5.58 Å². The number of carbonyl (C=O) groups excluding carboxylic acids is 1. The Morgan fingerprint density at radius 1 is 1.33 bits per heavy atom. The van der Waals surface area contributed by atoms with E-state index in [9.17, 15) is 18.0 Å². The normalized spacial score (nSPS) is 14.9. The molecule has 0 saturated carbocycles. The number of pyridine rings is 1. The number of nitrogens with zero attached hydrogens (tertiary/aromatic N) is 2. The number of H-pyrrole nitrogens is 1. The Kier molecular flexibility index (Phi) is 4.08. The minimum Gasteiger partial charge on any atom is -0.408 e. The zero-order chi connectivity index (χ0) is 19.2. The lowest BCUT2D eigenvalue weighted by atomic mass is 9.98. The van der Waals surface area contributed by atoms with Crippen molar-refractivity contribution in [3.05, 3.63) is 57.8 Å². The molecule has 0 spiro atoms. The van der Waals surface area contributed by atoms with Gasteiger partial charge >= 0.3 is 5.76 Å². The van der Waals surface area contributed by atoms with E-state index in [1.54, 1.807) is 24.4 Å². The van der Waals surface area contributed by atoms with Crippen LogP contribution in [0.3, 0.4) is 0 Å². The quantitative estimate of drug-likeness (QED) is 0.692. The van der Waals surface area contributed by atoms with Gasteiger partial charge in [-0.05, 0) is 35.7 Å². The Labute approximate surface area is 154 Å². The Balaban J connectivity index is 1.61. The molecule has 0 saturated heterocycles. The fourth-order valence-corrected chi connectivity index (χ4v) is 3.97. The van der Waals surface area contributed by atoms with Gasteiger partial charge < -0.3 is 9.73 Å². The fourth-order valence-electron chi connectivity index (χ4n) is 3.17. The number of aromatic amines is 1. The molecule has 0 radical (unpaired) electrons. The summed E-state index contributed by atoms with van der Waals surface area (Å²) < 4.78 is 29.8. The Morgan fingerprint density at radius 3 is 2.93 bits per heavy atom. The highest BCUT2D eigenvalue weighted by atomic mass is 32.2. The largest absolute Gasteiger partial charge is 0.417 e. The van der Waals surface area contributed by atoms with Crippen LogP contribution in [-0.2, 0) is 23.0 Å². The molecule has 3 aromatic rings. The summed E-state index contributed by atoms with van der Waals surface area (Å²) in [6.07, 6.45) is 4.66. The molecule has 9 nitrogen and oxygen atoms in total. The fraction of sp³-hybridized carbons (Fsp3) is 0.235. The number of benzene rings is 1. The van der Waals surface area contributed by atoms with Crippen LogP contribution in [0.25, 0.3) is 11.1 Å². The first-order valence-corrected chi connectivity index (χ1v) is 10.0. The van der Waals surface area contributed by atoms with Crippen molar-refractivity contribution in [3.8, 4) is 0 Å². The van der Waals surface area contributed by atoms with Crippen LogP contribution in [0.4, 0.5) is 5.69 Å². The molecule has 2 aromatic heterocycles. The molecule has 1 aromatic carbocycles. The van der Waals surface area contributed by atoms with Crippen molar-refractivity contribution < 1.29 is 17.6 Å². The van der Waals surface area contributed by atoms with Crippen molar-refractivity contribution in [1.29, 1.82) is 0 Å². The molecule has 140 valence electrons. The van der Waals surface area contributed by atoms with E-state index in [0.29, 0.717) is 40.9 Å². The first kappa shape index (κ1) is 17.4. The second-order valence-electron chi connectivity index (χ2n) is 6.35.